The molecule has 0 unspecified atom stereocenters. The Morgan fingerprint density at radius 2 is 1.93 bits per heavy atom. The van der Waals surface area contributed by atoms with E-state index in [0.717, 1.165) is 31.1 Å². The molecule has 0 saturated carbocycles. The van der Waals surface area contributed by atoms with E-state index in [2.05, 4.69) is 0 Å². The van der Waals surface area contributed by atoms with E-state index in [1.54, 1.807) is 15.2 Å². The number of aryl methyl sites for hydroxylation is 1. The highest BCUT2D eigenvalue weighted by Gasteiger charge is 2.43. The first-order valence-corrected chi connectivity index (χ1v) is 11.6. The second-order valence-electron chi connectivity index (χ2n) is 7.30. The molecule has 5 nitrogen and oxygen atoms in total. The van der Waals surface area contributed by atoms with Gasteiger partial charge in [-0.05, 0) is 45.0 Å². The lowest BCUT2D eigenvalue weighted by Crippen LogP contribution is -2.47. The fourth-order valence-electron chi connectivity index (χ4n) is 3.62. The average Bonchev–Trinajstić information content (AvgIpc) is 3.05. The quantitative estimate of drug-likeness (QED) is 0.178. The van der Waals surface area contributed by atoms with Crippen LogP contribution in [0.4, 0.5) is 11.4 Å². The number of benzene rings is 2. The van der Waals surface area contributed by atoms with Gasteiger partial charge in [-0.15, -0.1) is 0 Å². The molecule has 148 valence electrons. The number of anilines is 1. The van der Waals surface area contributed by atoms with E-state index >= 15 is 0 Å². The van der Waals surface area contributed by atoms with Crippen LogP contribution in [0, 0.1) is 20.9 Å². The average molecular weight is 463 g/mol. The third-order valence-corrected chi connectivity index (χ3v) is 8.65. The van der Waals surface area contributed by atoms with Gasteiger partial charge in [0.25, 0.3) is 11.6 Å². The van der Waals surface area contributed by atoms with Gasteiger partial charge in [0.05, 0.1) is 21.0 Å². The lowest BCUT2D eigenvalue weighted by Gasteiger charge is -2.43. The first-order valence-electron chi connectivity index (χ1n) is 8.66. The number of carbonyl (C=O) groups is 1. The van der Waals surface area contributed by atoms with Crippen LogP contribution in [0.2, 0.25) is 5.02 Å². The number of halogens is 1. The van der Waals surface area contributed by atoms with Gasteiger partial charge in [-0.1, -0.05) is 56.1 Å². The summed E-state index contributed by atoms with van der Waals surface area (Å²) in [5.74, 6) is -0.324. The van der Waals surface area contributed by atoms with Gasteiger partial charge in [0.15, 0.2) is 0 Å². The summed E-state index contributed by atoms with van der Waals surface area (Å²) in [6.45, 7) is 5.93. The monoisotopic (exact) mass is 462 g/mol. The van der Waals surface area contributed by atoms with E-state index in [9.17, 15) is 14.9 Å². The minimum Gasteiger partial charge on any atom is -0.297 e. The van der Waals surface area contributed by atoms with E-state index in [1.165, 1.54) is 28.5 Å². The Balaban J connectivity index is 1.95. The molecule has 2 heterocycles. The van der Waals surface area contributed by atoms with Crippen LogP contribution in [-0.4, -0.2) is 10.8 Å². The molecule has 0 aliphatic carbocycles. The van der Waals surface area contributed by atoms with Crippen LogP contribution in [0.5, 0.6) is 0 Å². The predicted octanol–water partition coefficient (Wildman–Crippen LogP) is 6.97. The fraction of sp³-hybridized carbons (Fsp3) is 0.200. The van der Waals surface area contributed by atoms with Crippen molar-refractivity contribution in [1.29, 1.82) is 0 Å². The van der Waals surface area contributed by atoms with Crippen molar-refractivity contribution in [2.75, 3.05) is 4.90 Å². The summed E-state index contributed by atoms with van der Waals surface area (Å²) in [5, 5.41) is 11.3. The smallest absolute Gasteiger partial charge is 0.288 e. The van der Waals surface area contributed by atoms with Gasteiger partial charge in [0.2, 0.25) is 0 Å². The molecule has 29 heavy (non-hydrogen) atoms. The van der Waals surface area contributed by atoms with Gasteiger partial charge >= 0.3 is 0 Å². The molecule has 0 saturated heterocycles. The molecule has 1 amide bonds. The van der Waals surface area contributed by atoms with Gasteiger partial charge in [0, 0.05) is 22.8 Å². The van der Waals surface area contributed by atoms with Crippen molar-refractivity contribution < 1.29 is 9.72 Å². The van der Waals surface area contributed by atoms with E-state index in [1.807, 2.05) is 39.0 Å². The van der Waals surface area contributed by atoms with Crippen LogP contribution in [0.15, 0.2) is 36.4 Å². The zero-order valence-corrected chi connectivity index (χ0v) is 18.9. The molecule has 3 aromatic rings. The summed E-state index contributed by atoms with van der Waals surface area (Å²) in [6, 6.07) is 10.0. The van der Waals surface area contributed by atoms with Crippen molar-refractivity contribution in [3.63, 3.8) is 0 Å². The molecule has 2 aromatic carbocycles. The maximum absolute atomic E-state index is 13.6. The van der Waals surface area contributed by atoms with Crippen LogP contribution < -0.4 is 4.90 Å². The van der Waals surface area contributed by atoms with Gasteiger partial charge in [-0.3, -0.25) is 19.8 Å². The van der Waals surface area contributed by atoms with Gasteiger partial charge in [-0.25, -0.2) is 0 Å². The highest BCUT2D eigenvalue weighted by atomic mass is 35.5. The van der Waals surface area contributed by atoms with Crippen LogP contribution in [0.3, 0.4) is 0 Å². The number of nitro benzene ring substituents is 1. The summed E-state index contributed by atoms with van der Waals surface area (Å²) in [6.07, 6.45) is 0. The molecule has 0 spiro atoms. The van der Waals surface area contributed by atoms with Crippen molar-refractivity contribution in [3.05, 3.63) is 71.4 Å². The summed E-state index contributed by atoms with van der Waals surface area (Å²) < 4.78 is 0.805. The zero-order chi connectivity index (χ0) is 21.1. The van der Waals surface area contributed by atoms with Crippen molar-refractivity contribution in [1.82, 2.24) is 0 Å². The molecule has 0 bridgehead atoms. The summed E-state index contributed by atoms with van der Waals surface area (Å²) >= 11 is 11.5. The van der Waals surface area contributed by atoms with Crippen molar-refractivity contribution in [2.45, 2.75) is 26.3 Å². The minimum atomic E-state index is -0.665. The molecule has 0 fully saturated rings. The van der Waals surface area contributed by atoms with E-state index in [-0.39, 0.29) is 22.2 Å². The SMILES string of the molecule is Cc1ccc2c(c1)-c1c(ssc1=S)C(C)(C)N2C(=O)c1ccc(Cl)c([N+](=O)[O-])c1. The van der Waals surface area contributed by atoms with E-state index < -0.39 is 10.5 Å². The Labute approximate surface area is 184 Å². The summed E-state index contributed by atoms with van der Waals surface area (Å²) in [4.78, 5) is 27.0. The van der Waals surface area contributed by atoms with E-state index in [0.29, 0.717) is 0 Å². The second kappa shape index (κ2) is 6.98. The Bertz CT molecular complexity index is 1250. The van der Waals surface area contributed by atoms with Gasteiger partial charge in [-0.2, -0.15) is 0 Å². The molecule has 0 radical (unpaired) electrons. The Kier molecular flexibility index (Phi) is 4.85. The molecular weight excluding hydrogens is 448 g/mol. The number of carbonyl (C=O) groups excluding carboxylic acids is 1. The highest BCUT2D eigenvalue weighted by Crippen LogP contribution is 2.52. The van der Waals surface area contributed by atoms with Crippen LogP contribution in [0.1, 0.15) is 34.6 Å². The summed E-state index contributed by atoms with van der Waals surface area (Å²) in [5.41, 5.74) is 2.98. The largest absolute Gasteiger partial charge is 0.297 e. The predicted molar refractivity (Wildman–Crippen MR) is 121 cm³/mol. The molecule has 1 aliphatic rings. The molecule has 1 aromatic heterocycles. The molecule has 9 heteroatoms. The van der Waals surface area contributed by atoms with Gasteiger partial charge in [0.1, 0.15) is 8.85 Å². The molecule has 4 rings (SSSR count). The fourth-order valence-corrected chi connectivity index (χ4v) is 7.09. The summed E-state index contributed by atoms with van der Waals surface area (Å²) in [7, 11) is 3.09. The first-order chi connectivity index (χ1) is 13.6. The first kappa shape index (κ1) is 20.2. The van der Waals surface area contributed by atoms with Crippen molar-refractivity contribution in [3.8, 4) is 11.1 Å². The molecule has 0 atom stereocenters. The van der Waals surface area contributed by atoms with Crippen molar-refractivity contribution in [2.24, 2.45) is 0 Å². The topological polar surface area (TPSA) is 63.5 Å². The van der Waals surface area contributed by atoms with Crippen LogP contribution >= 0.6 is 44.5 Å². The van der Waals surface area contributed by atoms with Crippen LogP contribution in [-0.2, 0) is 5.54 Å². The Morgan fingerprint density at radius 1 is 1.21 bits per heavy atom. The van der Waals surface area contributed by atoms with E-state index in [4.69, 9.17) is 23.8 Å². The van der Waals surface area contributed by atoms with Crippen molar-refractivity contribution >= 4 is 61.8 Å². The number of rotatable bonds is 2. The number of nitro groups is 1. The Morgan fingerprint density at radius 3 is 2.62 bits per heavy atom. The van der Waals surface area contributed by atoms with Crippen LogP contribution in [0.25, 0.3) is 11.1 Å². The third-order valence-electron chi connectivity index (χ3n) is 5.00. The maximum Gasteiger partial charge on any atom is 0.288 e. The number of amides is 1. The Hall–Kier alpha value is -2.13. The third kappa shape index (κ3) is 3.11. The lowest BCUT2D eigenvalue weighted by atomic mass is 9.86. The molecular formula is C20H15ClN2O3S3. The highest BCUT2D eigenvalue weighted by molar-refractivity contribution is 7.80. The number of nitrogens with zero attached hydrogens (tertiary/aromatic N) is 2. The number of fused-ring (bicyclic) bond motifs is 3. The minimum absolute atomic E-state index is 0.00132. The lowest BCUT2D eigenvalue weighted by molar-refractivity contribution is -0.384. The standard InChI is InChI=1S/C20H15ClN2O3S3/c1-10-4-7-14-12(8-10)16-17(28-29-19(16)27)20(2,3)22(14)18(24)11-5-6-13(21)15(9-11)23(25)26/h4-9H,1-3H3. The number of hydrogen-bond donors (Lipinski definition) is 0. The maximum atomic E-state index is 13.6. The number of hydrogen-bond acceptors (Lipinski definition) is 6. The molecule has 1 aliphatic heterocycles. The zero-order valence-electron chi connectivity index (χ0n) is 15.7. The molecule has 0 N–H and O–H groups in total. The second-order valence-corrected chi connectivity index (χ2v) is 10.5. The van der Waals surface area contributed by atoms with Gasteiger partial charge < -0.3 is 0 Å². The normalized spacial score (nSPS) is 14.3.